The Morgan fingerprint density at radius 2 is 1.76 bits per heavy atom. The molecule has 0 unspecified atom stereocenters. The molecular formula is C18H20FNO. The summed E-state index contributed by atoms with van der Waals surface area (Å²) in [7, 11) is 1.82. The third-order valence-corrected chi connectivity index (χ3v) is 3.64. The molecule has 0 saturated carbocycles. The molecule has 0 heterocycles. The zero-order valence-corrected chi connectivity index (χ0v) is 12.5. The first-order valence-electron chi connectivity index (χ1n) is 7.09. The molecule has 0 bridgehead atoms. The Labute approximate surface area is 125 Å². The summed E-state index contributed by atoms with van der Waals surface area (Å²) < 4.78 is 12.8. The number of aryl methyl sites for hydroxylation is 2. The van der Waals surface area contributed by atoms with Gasteiger partial charge in [-0.1, -0.05) is 36.4 Å². The predicted octanol–water partition coefficient (Wildman–Crippen LogP) is 3.73. The van der Waals surface area contributed by atoms with E-state index in [9.17, 15) is 9.18 Å². The van der Waals surface area contributed by atoms with Crippen molar-refractivity contribution in [3.05, 3.63) is 71.0 Å². The van der Waals surface area contributed by atoms with Crippen LogP contribution in [0.25, 0.3) is 0 Å². The highest BCUT2D eigenvalue weighted by Gasteiger charge is 2.10. The van der Waals surface area contributed by atoms with Gasteiger partial charge in [0, 0.05) is 20.0 Å². The molecule has 0 aliphatic rings. The van der Waals surface area contributed by atoms with Gasteiger partial charge in [0.25, 0.3) is 0 Å². The van der Waals surface area contributed by atoms with Crippen LogP contribution in [0.2, 0.25) is 0 Å². The average molecular weight is 285 g/mol. The second-order valence-corrected chi connectivity index (χ2v) is 5.30. The van der Waals surface area contributed by atoms with Crippen LogP contribution in [0.5, 0.6) is 0 Å². The first kappa shape index (κ1) is 15.2. The SMILES string of the molecule is Cc1ccccc1CN(C)C(=O)CCc1ccc(F)cc1. The molecule has 2 aromatic carbocycles. The molecule has 0 saturated heterocycles. The molecule has 2 rings (SSSR count). The van der Waals surface area contributed by atoms with Crippen LogP contribution in [-0.2, 0) is 17.8 Å². The van der Waals surface area contributed by atoms with Crippen molar-refractivity contribution in [1.82, 2.24) is 4.90 Å². The van der Waals surface area contributed by atoms with E-state index in [1.54, 1.807) is 17.0 Å². The maximum absolute atomic E-state index is 12.8. The monoisotopic (exact) mass is 285 g/mol. The molecule has 0 atom stereocenters. The van der Waals surface area contributed by atoms with Gasteiger partial charge in [0.15, 0.2) is 0 Å². The van der Waals surface area contributed by atoms with Crippen molar-refractivity contribution in [3.8, 4) is 0 Å². The topological polar surface area (TPSA) is 20.3 Å². The molecule has 0 fully saturated rings. The number of hydrogen-bond donors (Lipinski definition) is 0. The van der Waals surface area contributed by atoms with Gasteiger partial charge in [-0.25, -0.2) is 4.39 Å². The number of halogens is 1. The number of rotatable bonds is 5. The predicted molar refractivity (Wildman–Crippen MR) is 82.4 cm³/mol. The summed E-state index contributed by atoms with van der Waals surface area (Å²) in [6.07, 6.45) is 1.07. The second-order valence-electron chi connectivity index (χ2n) is 5.30. The third kappa shape index (κ3) is 4.42. The first-order chi connectivity index (χ1) is 10.1. The molecule has 0 N–H and O–H groups in total. The molecule has 110 valence electrons. The lowest BCUT2D eigenvalue weighted by molar-refractivity contribution is -0.130. The average Bonchev–Trinajstić information content (AvgIpc) is 2.48. The minimum atomic E-state index is -0.248. The number of carbonyl (C=O) groups is 1. The highest BCUT2D eigenvalue weighted by Crippen LogP contribution is 2.11. The summed E-state index contributed by atoms with van der Waals surface area (Å²) >= 11 is 0. The summed E-state index contributed by atoms with van der Waals surface area (Å²) in [5.41, 5.74) is 3.33. The number of hydrogen-bond acceptors (Lipinski definition) is 1. The molecule has 21 heavy (non-hydrogen) atoms. The van der Waals surface area contributed by atoms with Crippen molar-refractivity contribution in [2.45, 2.75) is 26.3 Å². The van der Waals surface area contributed by atoms with Crippen LogP contribution >= 0.6 is 0 Å². The van der Waals surface area contributed by atoms with Crippen molar-refractivity contribution in [1.29, 1.82) is 0 Å². The van der Waals surface area contributed by atoms with Gasteiger partial charge in [0.1, 0.15) is 5.82 Å². The van der Waals surface area contributed by atoms with Gasteiger partial charge in [-0.15, -0.1) is 0 Å². The largest absolute Gasteiger partial charge is 0.341 e. The molecule has 0 aromatic heterocycles. The maximum atomic E-state index is 12.8. The van der Waals surface area contributed by atoms with Crippen LogP contribution in [0.1, 0.15) is 23.1 Å². The third-order valence-electron chi connectivity index (χ3n) is 3.64. The van der Waals surface area contributed by atoms with Crippen molar-refractivity contribution in [3.63, 3.8) is 0 Å². The van der Waals surface area contributed by atoms with E-state index >= 15 is 0 Å². The Morgan fingerprint density at radius 3 is 2.43 bits per heavy atom. The molecule has 2 nitrogen and oxygen atoms in total. The van der Waals surface area contributed by atoms with Gasteiger partial charge in [-0.05, 0) is 42.2 Å². The molecule has 3 heteroatoms. The van der Waals surface area contributed by atoms with Crippen molar-refractivity contribution in [2.24, 2.45) is 0 Å². The van der Waals surface area contributed by atoms with E-state index in [-0.39, 0.29) is 11.7 Å². The molecule has 0 spiro atoms. The van der Waals surface area contributed by atoms with E-state index in [2.05, 4.69) is 0 Å². The maximum Gasteiger partial charge on any atom is 0.222 e. The number of benzene rings is 2. The summed E-state index contributed by atoms with van der Waals surface area (Å²) in [4.78, 5) is 13.9. The highest BCUT2D eigenvalue weighted by atomic mass is 19.1. The molecule has 1 amide bonds. The van der Waals surface area contributed by atoms with Gasteiger partial charge in [-0.2, -0.15) is 0 Å². The quantitative estimate of drug-likeness (QED) is 0.820. The van der Waals surface area contributed by atoms with Gasteiger partial charge < -0.3 is 4.90 Å². The summed E-state index contributed by atoms with van der Waals surface area (Å²) in [5, 5.41) is 0. The molecule has 2 aromatic rings. The highest BCUT2D eigenvalue weighted by molar-refractivity contribution is 5.76. The first-order valence-corrected chi connectivity index (χ1v) is 7.09. The zero-order chi connectivity index (χ0) is 15.2. The zero-order valence-electron chi connectivity index (χ0n) is 12.5. The van der Waals surface area contributed by atoms with Crippen LogP contribution < -0.4 is 0 Å². The fourth-order valence-electron chi connectivity index (χ4n) is 2.22. The van der Waals surface area contributed by atoms with Crippen molar-refractivity contribution < 1.29 is 9.18 Å². The number of nitrogens with zero attached hydrogens (tertiary/aromatic N) is 1. The van der Waals surface area contributed by atoms with E-state index in [1.807, 2.05) is 38.2 Å². The Balaban J connectivity index is 1.88. The van der Waals surface area contributed by atoms with Gasteiger partial charge in [0.05, 0.1) is 0 Å². The van der Waals surface area contributed by atoms with Gasteiger partial charge in [-0.3, -0.25) is 4.79 Å². The lowest BCUT2D eigenvalue weighted by atomic mass is 10.1. The van der Waals surface area contributed by atoms with Crippen LogP contribution in [0.3, 0.4) is 0 Å². The van der Waals surface area contributed by atoms with E-state index < -0.39 is 0 Å². The molecule has 0 radical (unpaired) electrons. The Hall–Kier alpha value is -2.16. The number of amides is 1. The lowest BCUT2D eigenvalue weighted by Crippen LogP contribution is -2.26. The number of carbonyl (C=O) groups excluding carboxylic acids is 1. The van der Waals surface area contributed by atoms with Crippen molar-refractivity contribution in [2.75, 3.05) is 7.05 Å². The molecular weight excluding hydrogens is 265 g/mol. The van der Waals surface area contributed by atoms with Crippen LogP contribution in [0.4, 0.5) is 4.39 Å². The van der Waals surface area contributed by atoms with Crippen LogP contribution in [0.15, 0.2) is 48.5 Å². The fraction of sp³-hybridized carbons (Fsp3) is 0.278. The van der Waals surface area contributed by atoms with Gasteiger partial charge in [0.2, 0.25) is 5.91 Å². The fourth-order valence-corrected chi connectivity index (χ4v) is 2.22. The molecule has 0 aliphatic heterocycles. The minimum absolute atomic E-state index is 0.0996. The summed E-state index contributed by atoms with van der Waals surface area (Å²) in [6, 6.07) is 14.4. The summed E-state index contributed by atoms with van der Waals surface area (Å²) in [5.74, 6) is -0.149. The summed E-state index contributed by atoms with van der Waals surface area (Å²) in [6.45, 7) is 2.67. The van der Waals surface area contributed by atoms with Crippen LogP contribution in [0, 0.1) is 12.7 Å². The normalized spacial score (nSPS) is 10.4. The van der Waals surface area contributed by atoms with E-state index in [0.29, 0.717) is 19.4 Å². The Morgan fingerprint density at radius 1 is 1.10 bits per heavy atom. The van der Waals surface area contributed by atoms with E-state index in [0.717, 1.165) is 11.1 Å². The molecule has 0 aliphatic carbocycles. The second kappa shape index (κ2) is 7.02. The Bertz CT molecular complexity index is 607. The van der Waals surface area contributed by atoms with E-state index in [1.165, 1.54) is 17.7 Å². The van der Waals surface area contributed by atoms with Crippen molar-refractivity contribution >= 4 is 5.91 Å². The Kier molecular flexibility index (Phi) is 5.09. The minimum Gasteiger partial charge on any atom is -0.341 e. The van der Waals surface area contributed by atoms with Gasteiger partial charge >= 0.3 is 0 Å². The lowest BCUT2D eigenvalue weighted by Gasteiger charge is -2.18. The smallest absolute Gasteiger partial charge is 0.222 e. The van der Waals surface area contributed by atoms with E-state index in [4.69, 9.17) is 0 Å². The van der Waals surface area contributed by atoms with Crippen LogP contribution in [-0.4, -0.2) is 17.9 Å². The standard InChI is InChI=1S/C18H20FNO/c1-14-5-3-4-6-16(14)13-20(2)18(21)12-9-15-7-10-17(19)11-8-15/h3-8,10-11H,9,12-13H2,1-2H3.